The van der Waals surface area contributed by atoms with E-state index in [1.807, 2.05) is 36.4 Å². The number of carbonyl (C=O) groups excluding carboxylic acids is 1. The fourth-order valence-corrected chi connectivity index (χ4v) is 3.43. The minimum absolute atomic E-state index is 0.135. The van der Waals surface area contributed by atoms with Crippen molar-refractivity contribution in [3.63, 3.8) is 0 Å². The second-order valence-corrected chi connectivity index (χ2v) is 7.04. The maximum atomic E-state index is 12.9. The molecule has 0 fully saturated rings. The average molecular weight is 404 g/mol. The van der Waals surface area contributed by atoms with E-state index in [9.17, 15) is 9.59 Å². The van der Waals surface area contributed by atoms with E-state index in [-0.39, 0.29) is 11.5 Å². The van der Waals surface area contributed by atoms with E-state index in [0.717, 1.165) is 5.56 Å². The summed E-state index contributed by atoms with van der Waals surface area (Å²) < 4.78 is 1.55. The molecule has 3 aromatic carbocycles. The van der Waals surface area contributed by atoms with Gasteiger partial charge >= 0.3 is 0 Å². The zero-order chi connectivity index (χ0) is 20.4. The third-order valence-electron chi connectivity index (χ3n) is 4.73. The Morgan fingerprint density at radius 2 is 1.69 bits per heavy atom. The SMILES string of the molecule is Cc1nc2ccccc2c(=O)n1-c1ccc(C(=O)NCc2ccccc2Cl)cc1. The number of nitrogens with one attached hydrogen (secondary N) is 1. The molecule has 144 valence electrons. The Kier molecular flexibility index (Phi) is 5.14. The summed E-state index contributed by atoms with van der Waals surface area (Å²) in [5, 5.41) is 4.03. The van der Waals surface area contributed by atoms with E-state index in [0.29, 0.717) is 39.5 Å². The quantitative estimate of drug-likeness (QED) is 0.553. The van der Waals surface area contributed by atoms with Gasteiger partial charge in [-0.2, -0.15) is 0 Å². The van der Waals surface area contributed by atoms with Crippen molar-refractivity contribution >= 4 is 28.4 Å². The predicted octanol–water partition coefficient (Wildman–Crippen LogP) is 4.28. The number of hydrogen-bond donors (Lipinski definition) is 1. The summed E-state index contributed by atoms with van der Waals surface area (Å²) in [7, 11) is 0. The number of nitrogens with zero attached hydrogens (tertiary/aromatic N) is 2. The Hall–Kier alpha value is -3.44. The maximum absolute atomic E-state index is 12.9. The molecule has 6 heteroatoms. The Labute approximate surface area is 172 Å². The minimum atomic E-state index is -0.211. The first-order chi connectivity index (χ1) is 14.0. The van der Waals surface area contributed by atoms with E-state index in [2.05, 4.69) is 10.3 Å². The molecule has 0 aliphatic carbocycles. The van der Waals surface area contributed by atoms with E-state index in [1.54, 1.807) is 47.9 Å². The minimum Gasteiger partial charge on any atom is -0.348 e. The average Bonchev–Trinajstić information content (AvgIpc) is 2.73. The van der Waals surface area contributed by atoms with Crippen LogP contribution < -0.4 is 10.9 Å². The van der Waals surface area contributed by atoms with E-state index >= 15 is 0 Å². The zero-order valence-electron chi connectivity index (χ0n) is 15.7. The van der Waals surface area contributed by atoms with Gasteiger partial charge in [-0.25, -0.2) is 4.98 Å². The molecule has 1 aromatic heterocycles. The van der Waals surface area contributed by atoms with Crippen LogP contribution in [0.4, 0.5) is 0 Å². The molecule has 0 saturated carbocycles. The van der Waals surface area contributed by atoms with Gasteiger partial charge in [0.1, 0.15) is 5.82 Å². The van der Waals surface area contributed by atoms with Crippen LogP contribution in [0.25, 0.3) is 16.6 Å². The molecular weight excluding hydrogens is 386 g/mol. The lowest BCUT2D eigenvalue weighted by Gasteiger charge is -2.12. The third-order valence-corrected chi connectivity index (χ3v) is 5.10. The summed E-state index contributed by atoms with van der Waals surface area (Å²) in [6.07, 6.45) is 0. The largest absolute Gasteiger partial charge is 0.348 e. The van der Waals surface area contributed by atoms with Crippen molar-refractivity contribution in [2.75, 3.05) is 0 Å². The molecule has 0 radical (unpaired) electrons. The van der Waals surface area contributed by atoms with Crippen molar-refractivity contribution in [3.05, 3.63) is 105 Å². The Balaban J connectivity index is 1.58. The highest BCUT2D eigenvalue weighted by molar-refractivity contribution is 6.31. The van der Waals surface area contributed by atoms with Crippen LogP contribution in [0.15, 0.2) is 77.6 Å². The monoisotopic (exact) mass is 403 g/mol. The molecule has 1 N–H and O–H groups in total. The van der Waals surface area contributed by atoms with E-state index < -0.39 is 0 Å². The summed E-state index contributed by atoms with van der Waals surface area (Å²) in [6.45, 7) is 2.13. The number of hydrogen-bond acceptors (Lipinski definition) is 3. The van der Waals surface area contributed by atoms with Gasteiger partial charge in [0.25, 0.3) is 11.5 Å². The second kappa shape index (κ2) is 7.89. The fourth-order valence-electron chi connectivity index (χ4n) is 3.23. The molecule has 0 aliphatic heterocycles. The fraction of sp³-hybridized carbons (Fsp3) is 0.0870. The normalized spacial score (nSPS) is 10.8. The Bertz CT molecular complexity index is 1260. The van der Waals surface area contributed by atoms with Crippen LogP contribution in [0.5, 0.6) is 0 Å². The van der Waals surface area contributed by atoms with Crippen molar-refractivity contribution in [2.24, 2.45) is 0 Å². The summed E-state index contributed by atoms with van der Waals surface area (Å²) in [4.78, 5) is 29.9. The molecule has 4 rings (SSSR count). The summed E-state index contributed by atoms with van der Waals surface area (Å²) in [5.74, 6) is 0.377. The molecule has 0 unspecified atom stereocenters. The number of carbonyl (C=O) groups is 1. The molecule has 5 nitrogen and oxygen atoms in total. The number of para-hydroxylation sites is 1. The van der Waals surface area contributed by atoms with Gasteiger partial charge in [-0.05, 0) is 55.0 Å². The third kappa shape index (κ3) is 3.77. The maximum Gasteiger partial charge on any atom is 0.265 e. The first-order valence-corrected chi connectivity index (χ1v) is 9.53. The summed E-state index contributed by atoms with van der Waals surface area (Å²) in [5.41, 5.74) is 2.54. The number of amides is 1. The molecule has 0 spiro atoms. The van der Waals surface area contributed by atoms with Crippen LogP contribution in [0.3, 0.4) is 0 Å². The van der Waals surface area contributed by atoms with Crippen LogP contribution in [-0.2, 0) is 6.54 Å². The standard InChI is InChI=1S/C23H18ClN3O2/c1-15-26-21-9-5-3-7-19(21)23(29)27(15)18-12-10-16(11-13-18)22(28)25-14-17-6-2-4-8-20(17)24/h2-13H,14H2,1H3,(H,25,28). The molecule has 29 heavy (non-hydrogen) atoms. The number of fused-ring (bicyclic) bond motifs is 1. The van der Waals surface area contributed by atoms with E-state index in [4.69, 9.17) is 11.6 Å². The smallest absolute Gasteiger partial charge is 0.265 e. The highest BCUT2D eigenvalue weighted by atomic mass is 35.5. The van der Waals surface area contributed by atoms with Crippen molar-refractivity contribution in [3.8, 4) is 5.69 Å². The molecule has 0 atom stereocenters. The van der Waals surface area contributed by atoms with E-state index in [1.165, 1.54) is 0 Å². The molecule has 0 saturated heterocycles. The highest BCUT2D eigenvalue weighted by Crippen LogP contribution is 2.16. The lowest BCUT2D eigenvalue weighted by atomic mass is 10.1. The van der Waals surface area contributed by atoms with Crippen molar-refractivity contribution in [2.45, 2.75) is 13.5 Å². The topological polar surface area (TPSA) is 64.0 Å². The molecule has 0 aliphatic rings. The number of rotatable bonds is 4. The number of aryl methyl sites for hydroxylation is 1. The molecule has 4 aromatic rings. The highest BCUT2D eigenvalue weighted by Gasteiger charge is 2.11. The van der Waals surface area contributed by atoms with Gasteiger partial charge in [-0.1, -0.05) is 41.9 Å². The van der Waals surface area contributed by atoms with Crippen molar-refractivity contribution in [1.29, 1.82) is 0 Å². The first-order valence-electron chi connectivity index (χ1n) is 9.15. The molecular formula is C23H18ClN3O2. The van der Waals surface area contributed by atoms with Gasteiger partial charge in [-0.15, -0.1) is 0 Å². The Morgan fingerprint density at radius 1 is 1.00 bits per heavy atom. The van der Waals surface area contributed by atoms with Gasteiger partial charge in [0, 0.05) is 17.1 Å². The summed E-state index contributed by atoms with van der Waals surface area (Å²) in [6, 6.07) is 21.5. The second-order valence-electron chi connectivity index (χ2n) is 6.64. The number of halogens is 1. The Morgan fingerprint density at radius 3 is 2.45 bits per heavy atom. The van der Waals surface area contributed by atoms with Gasteiger partial charge in [0.15, 0.2) is 0 Å². The first kappa shape index (κ1) is 18.9. The van der Waals surface area contributed by atoms with Crippen molar-refractivity contribution < 1.29 is 4.79 Å². The van der Waals surface area contributed by atoms with Gasteiger partial charge in [-0.3, -0.25) is 14.2 Å². The molecule has 1 amide bonds. The lowest BCUT2D eigenvalue weighted by molar-refractivity contribution is 0.0951. The predicted molar refractivity (Wildman–Crippen MR) is 115 cm³/mol. The van der Waals surface area contributed by atoms with Crippen LogP contribution >= 0.6 is 11.6 Å². The van der Waals surface area contributed by atoms with Crippen LogP contribution in [-0.4, -0.2) is 15.5 Å². The number of aromatic nitrogens is 2. The van der Waals surface area contributed by atoms with Crippen LogP contribution in [0.1, 0.15) is 21.7 Å². The van der Waals surface area contributed by atoms with Crippen LogP contribution in [0, 0.1) is 6.92 Å². The molecule has 0 bridgehead atoms. The molecule has 1 heterocycles. The zero-order valence-corrected chi connectivity index (χ0v) is 16.5. The van der Waals surface area contributed by atoms with Gasteiger partial charge in [0.2, 0.25) is 0 Å². The van der Waals surface area contributed by atoms with Crippen molar-refractivity contribution in [1.82, 2.24) is 14.9 Å². The van der Waals surface area contributed by atoms with Crippen LogP contribution in [0.2, 0.25) is 5.02 Å². The lowest BCUT2D eigenvalue weighted by Crippen LogP contribution is -2.24. The van der Waals surface area contributed by atoms with Gasteiger partial charge < -0.3 is 5.32 Å². The van der Waals surface area contributed by atoms with Gasteiger partial charge in [0.05, 0.1) is 16.6 Å². The summed E-state index contributed by atoms with van der Waals surface area (Å²) >= 11 is 6.12. The number of benzene rings is 3.